The van der Waals surface area contributed by atoms with Crippen molar-refractivity contribution in [1.29, 1.82) is 0 Å². The Morgan fingerprint density at radius 3 is 2.24 bits per heavy atom. The number of imide groups is 1. The van der Waals surface area contributed by atoms with Crippen LogP contribution in [0.3, 0.4) is 0 Å². The number of fused-ring (bicyclic) bond motifs is 1. The van der Waals surface area contributed by atoms with Crippen molar-refractivity contribution >= 4 is 23.6 Å². The smallest absolute Gasteiger partial charge is 0.287 e. The largest absolute Gasteiger partial charge is 0.459 e. The molecular weight excluding hydrogens is 374 g/mol. The topological polar surface area (TPSA) is 99.9 Å². The zero-order chi connectivity index (χ0) is 20.4. The van der Waals surface area contributed by atoms with E-state index in [1.54, 1.807) is 41.3 Å². The molecule has 0 aliphatic carbocycles. The number of rotatable bonds is 5. The summed E-state index contributed by atoms with van der Waals surface area (Å²) in [6, 6.07) is 9.92. The summed E-state index contributed by atoms with van der Waals surface area (Å²) in [5.74, 6) is -0.789. The lowest BCUT2D eigenvalue weighted by atomic mass is 10.0. The van der Waals surface area contributed by atoms with Gasteiger partial charge in [0, 0.05) is 32.1 Å². The Labute approximate surface area is 167 Å². The van der Waals surface area contributed by atoms with Gasteiger partial charge in [-0.15, -0.1) is 0 Å². The molecule has 1 fully saturated rings. The number of hydrogen-bond donors (Lipinski definition) is 1. The van der Waals surface area contributed by atoms with E-state index < -0.39 is 0 Å². The molecule has 0 saturated carbocycles. The lowest BCUT2D eigenvalue weighted by Gasteiger charge is -2.32. The Morgan fingerprint density at radius 2 is 1.66 bits per heavy atom. The fourth-order valence-electron chi connectivity index (χ4n) is 3.75. The van der Waals surface area contributed by atoms with E-state index in [-0.39, 0.29) is 48.4 Å². The molecule has 29 heavy (non-hydrogen) atoms. The van der Waals surface area contributed by atoms with Crippen LogP contribution in [-0.4, -0.2) is 59.1 Å². The number of benzene rings is 1. The minimum Gasteiger partial charge on any atom is -0.459 e. The second-order valence-corrected chi connectivity index (χ2v) is 7.16. The van der Waals surface area contributed by atoms with Gasteiger partial charge in [0.25, 0.3) is 17.7 Å². The number of nitrogens with one attached hydrogen (secondary N) is 1. The van der Waals surface area contributed by atoms with E-state index in [1.807, 2.05) is 0 Å². The molecule has 8 heteroatoms. The molecule has 0 spiro atoms. The molecule has 1 N–H and O–H groups in total. The molecule has 150 valence electrons. The lowest BCUT2D eigenvalue weighted by molar-refractivity contribution is -0.132. The molecule has 1 aromatic carbocycles. The number of likely N-dealkylation sites (tertiary alicyclic amines) is 1. The Bertz CT molecular complexity index is 910. The maximum atomic E-state index is 12.5. The van der Waals surface area contributed by atoms with Crippen LogP contribution in [0, 0.1) is 0 Å². The van der Waals surface area contributed by atoms with Gasteiger partial charge in [0.15, 0.2) is 5.76 Å². The highest BCUT2D eigenvalue weighted by atomic mass is 16.3. The normalized spacial score (nSPS) is 16.8. The molecule has 4 amide bonds. The van der Waals surface area contributed by atoms with E-state index in [2.05, 4.69) is 5.32 Å². The molecule has 4 rings (SSSR count). The number of furan rings is 1. The van der Waals surface area contributed by atoms with Crippen LogP contribution in [-0.2, 0) is 4.79 Å². The van der Waals surface area contributed by atoms with Gasteiger partial charge in [-0.2, -0.15) is 0 Å². The summed E-state index contributed by atoms with van der Waals surface area (Å²) in [5.41, 5.74) is 0.774. The van der Waals surface area contributed by atoms with Crippen LogP contribution in [0.2, 0.25) is 0 Å². The fraction of sp³-hybridized carbons (Fsp3) is 0.333. The highest BCUT2D eigenvalue weighted by Gasteiger charge is 2.35. The molecular formula is C21H21N3O5. The first-order chi connectivity index (χ1) is 14.0. The predicted octanol–water partition coefficient (Wildman–Crippen LogP) is 1.69. The Balaban J connectivity index is 1.25. The summed E-state index contributed by atoms with van der Waals surface area (Å²) in [4.78, 5) is 52.2. The lowest BCUT2D eigenvalue weighted by Crippen LogP contribution is -2.47. The standard InChI is InChI=1S/C21H21N3O5/c25-18(9-12-24-20(27)15-4-1-2-5-16(15)21(24)28)23-10-7-14(8-11-23)22-19(26)17-6-3-13-29-17/h1-6,13-14H,7-12H2,(H,22,26). The number of carbonyl (C=O) groups excluding carboxylic acids is 4. The van der Waals surface area contributed by atoms with Crippen molar-refractivity contribution in [3.63, 3.8) is 0 Å². The molecule has 2 aliphatic heterocycles. The van der Waals surface area contributed by atoms with Crippen LogP contribution in [0.5, 0.6) is 0 Å². The molecule has 0 atom stereocenters. The average Bonchev–Trinajstić information content (AvgIpc) is 3.36. The van der Waals surface area contributed by atoms with Crippen molar-refractivity contribution in [1.82, 2.24) is 15.1 Å². The number of hydrogen-bond acceptors (Lipinski definition) is 5. The molecule has 2 aromatic rings. The van der Waals surface area contributed by atoms with E-state index in [1.165, 1.54) is 6.26 Å². The van der Waals surface area contributed by atoms with Gasteiger partial charge in [-0.3, -0.25) is 24.1 Å². The van der Waals surface area contributed by atoms with Gasteiger partial charge in [0.1, 0.15) is 0 Å². The Morgan fingerprint density at radius 1 is 1.00 bits per heavy atom. The highest BCUT2D eigenvalue weighted by Crippen LogP contribution is 2.23. The summed E-state index contributed by atoms with van der Waals surface area (Å²) in [6.07, 6.45) is 2.83. The minimum absolute atomic E-state index is 0.0205. The third-order valence-electron chi connectivity index (χ3n) is 5.36. The number of piperidine rings is 1. The molecule has 0 bridgehead atoms. The van der Waals surface area contributed by atoms with E-state index >= 15 is 0 Å². The molecule has 3 heterocycles. The van der Waals surface area contributed by atoms with Crippen LogP contribution < -0.4 is 5.32 Å². The van der Waals surface area contributed by atoms with Gasteiger partial charge in [-0.05, 0) is 37.1 Å². The van der Waals surface area contributed by atoms with Crippen molar-refractivity contribution in [3.8, 4) is 0 Å². The second kappa shape index (κ2) is 7.90. The summed E-state index contributed by atoms with van der Waals surface area (Å²) < 4.78 is 5.08. The average molecular weight is 395 g/mol. The van der Waals surface area contributed by atoms with Crippen molar-refractivity contribution in [2.75, 3.05) is 19.6 Å². The van der Waals surface area contributed by atoms with E-state index in [9.17, 15) is 19.2 Å². The van der Waals surface area contributed by atoms with Crippen molar-refractivity contribution in [2.45, 2.75) is 25.3 Å². The quantitative estimate of drug-likeness (QED) is 0.777. The first kappa shape index (κ1) is 18.9. The first-order valence-corrected chi connectivity index (χ1v) is 9.62. The molecule has 1 saturated heterocycles. The molecule has 2 aliphatic rings. The number of amides is 4. The van der Waals surface area contributed by atoms with Gasteiger partial charge < -0.3 is 14.6 Å². The molecule has 0 radical (unpaired) electrons. The number of carbonyl (C=O) groups is 4. The van der Waals surface area contributed by atoms with Crippen LogP contribution >= 0.6 is 0 Å². The second-order valence-electron chi connectivity index (χ2n) is 7.16. The maximum Gasteiger partial charge on any atom is 0.287 e. The Kier molecular flexibility index (Phi) is 5.16. The van der Waals surface area contributed by atoms with Gasteiger partial charge in [0.05, 0.1) is 17.4 Å². The SMILES string of the molecule is O=C(NC1CCN(C(=O)CCN2C(=O)c3ccccc3C2=O)CC1)c1ccco1. The van der Waals surface area contributed by atoms with Gasteiger partial charge >= 0.3 is 0 Å². The summed E-state index contributed by atoms with van der Waals surface area (Å²) >= 11 is 0. The van der Waals surface area contributed by atoms with E-state index in [0.29, 0.717) is 37.1 Å². The maximum absolute atomic E-state index is 12.5. The van der Waals surface area contributed by atoms with Crippen LogP contribution in [0.1, 0.15) is 50.5 Å². The van der Waals surface area contributed by atoms with Crippen LogP contribution in [0.4, 0.5) is 0 Å². The van der Waals surface area contributed by atoms with Gasteiger partial charge in [-0.25, -0.2) is 0 Å². The zero-order valence-corrected chi connectivity index (χ0v) is 15.8. The van der Waals surface area contributed by atoms with E-state index in [4.69, 9.17) is 4.42 Å². The fourth-order valence-corrected chi connectivity index (χ4v) is 3.75. The van der Waals surface area contributed by atoms with E-state index in [0.717, 1.165) is 4.90 Å². The van der Waals surface area contributed by atoms with Crippen LogP contribution in [0.15, 0.2) is 47.1 Å². The van der Waals surface area contributed by atoms with Gasteiger partial charge in [-0.1, -0.05) is 12.1 Å². The molecule has 1 aromatic heterocycles. The Hall–Kier alpha value is -3.42. The third-order valence-corrected chi connectivity index (χ3v) is 5.36. The van der Waals surface area contributed by atoms with Crippen molar-refractivity contribution in [2.24, 2.45) is 0 Å². The monoisotopic (exact) mass is 395 g/mol. The highest BCUT2D eigenvalue weighted by molar-refractivity contribution is 6.21. The summed E-state index contributed by atoms with van der Waals surface area (Å²) in [6.45, 7) is 1.11. The third kappa shape index (κ3) is 3.78. The van der Waals surface area contributed by atoms with Crippen molar-refractivity contribution < 1.29 is 23.6 Å². The number of nitrogens with zero attached hydrogens (tertiary/aromatic N) is 2. The summed E-state index contributed by atoms with van der Waals surface area (Å²) in [7, 11) is 0. The minimum atomic E-state index is -0.349. The first-order valence-electron chi connectivity index (χ1n) is 9.62. The zero-order valence-electron chi connectivity index (χ0n) is 15.8. The van der Waals surface area contributed by atoms with Crippen molar-refractivity contribution in [3.05, 3.63) is 59.5 Å². The van der Waals surface area contributed by atoms with Gasteiger partial charge in [0.2, 0.25) is 5.91 Å². The van der Waals surface area contributed by atoms with Crippen LogP contribution in [0.25, 0.3) is 0 Å². The summed E-state index contributed by atoms with van der Waals surface area (Å²) in [5, 5.41) is 2.91. The molecule has 8 nitrogen and oxygen atoms in total. The predicted molar refractivity (Wildman–Crippen MR) is 102 cm³/mol. The molecule has 0 unspecified atom stereocenters.